The number of rotatable bonds is 3. The minimum atomic E-state index is 0.0772. The van der Waals surface area contributed by atoms with Gasteiger partial charge in [0, 0.05) is 29.4 Å². The predicted octanol–water partition coefficient (Wildman–Crippen LogP) is 2.78. The van der Waals surface area contributed by atoms with Gasteiger partial charge in [-0.05, 0) is 6.42 Å². The summed E-state index contributed by atoms with van der Waals surface area (Å²) in [6.07, 6.45) is 6.54. The maximum atomic E-state index is 4.44. The second kappa shape index (κ2) is 4.35. The number of hydrogen-bond donors (Lipinski definition) is 2. The molecule has 0 aliphatic carbocycles. The van der Waals surface area contributed by atoms with Gasteiger partial charge in [-0.2, -0.15) is 0 Å². The van der Waals surface area contributed by atoms with Gasteiger partial charge in [-0.3, -0.25) is 0 Å². The first kappa shape index (κ1) is 11.9. The molecule has 0 saturated carbocycles. The van der Waals surface area contributed by atoms with Gasteiger partial charge in [-0.25, -0.2) is 9.97 Å². The lowest BCUT2D eigenvalue weighted by atomic mass is 9.96. The van der Waals surface area contributed by atoms with Crippen LogP contribution in [0.5, 0.6) is 0 Å². The Hall–Kier alpha value is -1.58. The normalized spacial score (nSPS) is 13.9. The van der Waals surface area contributed by atoms with Gasteiger partial charge < -0.3 is 9.97 Å². The highest BCUT2D eigenvalue weighted by atomic mass is 14.9. The average molecular weight is 232 g/mol. The highest BCUT2D eigenvalue weighted by Gasteiger charge is 2.18. The Kier molecular flexibility index (Phi) is 3.05. The van der Waals surface area contributed by atoms with Crippen LogP contribution in [0.15, 0.2) is 18.7 Å². The van der Waals surface area contributed by atoms with Gasteiger partial charge >= 0.3 is 0 Å². The number of nitrogens with zero attached hydrogens (tertiary/aromatic N) is 2. The van der Waals surface area contributed by atoms with Crippen molar-refractivity contribution < 1.29 is 0 Å². The zero-order valence-electron chi connectivity index (χ0n) is 10.9. The summed E-state index contributed by atoms with van der Waals surface area (Å²) in [5, 5.41) is 0. The van der Waals surface area contributed by atoms with Crippen LogP contribution in [-0.4, -0.2) is 19.9 Å². The Morgan fingerprint density at radius 2 is 2.06 bits per heavy atom. The molecule has 0 amide bonds. The molecule has 92 valence electrons. The van der Waals surface area contributed by atoms with E-state index in [4.69, 9.17) is 0 Å². The second-order valence-electron chi connectivity index (χ2n) is 5.61. The van der Waals surface area contributed by atoms with Gasteiger partial charge in [0.1, 0.15) is 5.82 Å². The van der Waals surface area contributed by atoms with E-state index in [-0.39, 0.29) is 5.41 Å². The summed E-state index contributed by atoms with van der Waals surface area (Å²) in [4.78, 5) is 15.1. The average Bonchev–Trinajstić information content (AvgIpc) is 2.85. The lowest BCUT2D eigenvalue weighted by Crippen LogP contribution is -2.13. The van der Waals surface area contributed by atoms with Gasteiger partial charge in [0.2, 0.25) is 0 Å². The predicted molar refractivity (Wildman–Crippen MR) is 68.0 cm³/mol. The number of imidazole rings is 2. The van der Waals surface area contributed by atoms with Crippen LogP contribution in [0, 0.1) is 0 Å². The molecule has 0 fully saturated rings. The molecule has 0 saturated heterocycles. The fourth-order valence-electron chi connectivity index (χ4n) is 1.82. The summed E-state index contributed by atoms with van der Waals surface area (Å²) < 4.78 is 0. The zero-order chi connectivity index (χ0) is 12.5. The summed E-state index contributed by atoms with van der Waals surface area (Å²) in [6.45, 7) is 8.65. The summed E-state index contributed by atoms with van der Waals surface area (Å²) in [5.41, 5.74) is 2.34. The molecule has 2 rings (SSSR count). The number of nitrogens with one attached hydrogen (secondary N) is 2. The summed E-state index contributed by atoms with van der Waals surface area (Å²) in [6, 6.07) is 0. The molecule has 0 bridgehead atoms. The quantitative estimate of drug-likeness (QED) is 0.855. The van der Waals surface area contributed by atoms with E-state index >= 15 is 0 Å². The minimum absolute atomic E-state index is 0.0772. The molecule has 0 aromatic carbocycles. The molecule has 0 radical (unpaired) electrons. The third-order valence-electron chi connectivity index (χ3n) is 2.89. The molecule has 1 unspecified atom stereocenters. The van der Waals surface area contributed by atoms with Crippen LogP contribution in [0.1, 0.15) is 50.8 Å². The standard InChI is InChI=1S/C13H20N4/c1-9(11-7-14-8-16-11)5-10-6-15-12(17-10)13(2,3)4/h6-9H,5H2,1-4H3,(H,14,16)(H,15,17). The molecule has 2 aromatic rings. The lowest BCUT2D eigenvalue weighted by molar-refractivity contribution is 0.550. The van der Waals surface area contributed by atoms with Crippen LogP contribution in [0.25, 0.3) is 0 Å². The fraction of sp³-hybridized carbons (Fsp3) is 0.538. The molecule has 2 N–H and O–H groups in total. The number of aromatic amines is 2. The van der Waals surface area contributed by atoms with E-state index in [0.717, 1.165) is 17.9 Å². The first-order valence-corrected chi connectivity index (χ1v) is 6.00. The van der Waals surface area contributed by atoms with E-state index in [0.29, 0.717) is 5.92 Å². The van der Waals surface area contributed by atoms with E-state index in [1.165, 1.54) is 5.69 Å². The molecular formula is C13H20N4. The van der Waals surface area contributed by atoms with Crippen molar-refractivity contribution in [3.8, 4) is 0 Å². The summed E-state index contributed by atoms with van der Waals surface area (Å²) in [5.74, 6) is 1.44. The smallest absolute Gasteiger partial charge is 0.111 e. The van der Waals surface area contributed by atoms with Crippen molar-refractivity contribution in [2.45, 2.75) is 45.4 Å². The Morgan fingerprint density at radius 1 is 1.29 bits per heavy atom. The van der Waals surface area contributed by atoms with Crippen LogP contribution in [-0.2, 0) is 11.8 Å². The topological polar surface area (TPSA) is 57.4 Å². The van der Waals surface area contributed by atoms with Crippen LogP contribution in [0.4, 0.5) is 0 Å². The van der Waals surface area contributed by atoms with E-state index < -0.39 is 0 Å². The molecule has 0 spiro atoms. The molecule has 17 heavy (non-hydrogen) atoms. The van der Waals surface area contributed by atoms with Crippen molar-refractivity contribution in [2.75, 3.05) is 0 Å². The Balaban J connectivity index is 2.07. The lowest BCUT2D eigenvalue weighted by Gasteiger charge is -2.14. The SMILES string of the molecule is CC(Cc1cnc(C(C)(C)C)[nH]1)c1c[nH]cn1. The van der Waals surface area contributed by atoms with Crippen molar-refractivity contribution in [1.82, 2.24) is 19.9 Å². The third-order valence-corrected chi connectivity index (χ3v) is 2.89. The van der Waals surface area contributed by atoms with Crippen molar-refractivity contribution in [1.29, 1.82) is 0 Å². The van der Waals surface area contributed by atoms with E-state index in [2.05, 4.69) is 47.6 Å². The van der Waals surface area contributed by atoms with Crippen molar-refractivity contribution >= 4 is 0 Å². The Morgan fingerprint density at radius 3 is 2.59 bits per heavy atom. The molecule has 4 nitrogen and oxygen atoms in total. The van der Waals surface area contributed by atoms with Gasteiger partial charge in [0.25, 0.3) is 0 Å². The summed E-state index contributed by atoms with van der Waals surface area (Å²) in [7, 11) is 0. The third kappa shape index (κ3) is 2.75. The van der Waals surface area contributed by atoms with Crippen molar-refractivity contribution in [3.63, 3.8) is 0 Å². The van der Waals surface area contributed by atoms with Crippen LogP contribution < -0.4 is 0 Å². The van der Waals surface area contributed by atoms with Gasteiger partial charge in [-0.15, -0.1) is 0 Å². The maximum Gasteiger partial charge on any atom is 0.111 e. The second-order valence-corrected chi connectivity index (χ2v) is 5.61. The number of hydrogen-bond acceptors (Lipinski definition) is 2. The largest absolute Gasteiger partial charge is 0.351 e. The Bertz CT molecular complexity index is 462. The highest BCUT2D eigenvalue weighted by molar-refractivity contribution is 5.12. The maximum absolute atomic E-state index is 4.44. The van der Waals surface area contributed by atoms with Crippen LogP contribution in [0.2, 0.25) is 0 Å². The van der Waals surface area contributed by atoms with Gasteiger partial charge in [0.05, 0.1) is 12.0 Å². The monoisotopic (exact) mass is 232 g/mol. The molecule has 1 atom stereocenters. The molecule has 2 heterocycles. The molecule has 4 heteroatoms. The number of aromatic nitrogens is 4. The van der Waals surface area contributed by atoms with Crippen molar-refractivity contribution in [3.05, 3.63) is 35.9 Å². The first-order valence-electron chi connectivity index (χ1n) is 6.00. The Labute approximate surface area is 102 Å². The fourth-order valence-corrected chi connectivity index (χ4v) is 1.82. The first-order chi connectivity index (χ1) is 7.97. The van der Waals surface area contributed by atoms with E-state index in [9.17, 15) is 0 Å². The van der Waals surface area contributed by atoms with Gasteiger partial charge in [-0.1, -0.05) is 27.7 Å². The molecule has 0 aliphatic rings. The van der Waals surface area contributed by atoms with Gasteiger partial charge in [0.15, 0.2) is 0 Å². The molecule has 2 aromatic heterocycles. The highest BCUT2D eigenvalue weighted by Crippen LogP contribution is 2.21. The van der Waals surface area contributed by atoms with E-state index in [1.807, 2.05) is 12.4 Å². The van der Waals surface area contributed by atoms with Crippen LogP contribution >= 0.6 is 0 Å². The number of H-pyrrole nitrogens is 2. The minimum Gasteiger partial charge on any atom is -0.351 e. The summed E-state index contributed by atoms with van der Waals surface area (Å²) >= 11 is 0. The zero-order valence-corrected chi connectivity index (χ0v) is 10.9. The van der Waals surface area contributed by atoms with Crippen LogP contribution in [0.3, 0.4) is 0 Å². The molecular weight excluding hydrogens is 212 g/mol. The van der Waals surface area contributed by atoms with Crippen molar-refractivity contribution in [2.24, 2.45) is 0 Å². The molecule has 0 aliphatic heterocycles. The van der Waals surface area contributed by atoms with E-state index in [1.54, 1.807) is 6.33 Å².